The van der Waals surface area contributed by atoms with E-state index in [2.05, 4.69) is 36.4 Å². The van der Waals surface area contributed by atoms with Gasteiger partial charge in [0.15, 0.2) is 0 Å². The van der Waals surface area contributed by atoms with Crippen molar-refractivity contribution >= 4 is 6.08 Å². The maximum atomic E-state index is 9.98. The normalized spacial score (nSPS) is 33.3. The van der Waals surface area contributed by atoms with Gasteiger partial charge in [-0.1, -0.05) is 42.8 Å². The average molecular weight is 200 g/mol. The van der Waals surface area contributed by atoms with Crippen molar-refractivity contribution in [2.24, 2.45) is 5.92 Å². The molecule has 0 radical (unpaired) electrons. The number of aliphatic hydroxyl groups excluding tert-OH is 1. The zero-order valence-corrected chi connectivity index (χ0v) is 8.76. The minimum atomic E-state index is -0.131. The molecule has 0 spiro atoms. The summed E-state index contributed by atoms with van der Waals surface area (Å²) in [6.07, 6.45) is 7.59. The molecular formula is C14H16O. The average Bonchev–Trinajstić information content (AvgIpc) is 2.29. The highest BCUT2D eigenvalue weighted by Gasteiger charge is 2.33. The quantitative estimate of drug-likeness (QED) is 0.682. The molecule has 0 bridgehead atoms. The Morgan fingerprint density at radius 3 is 2.93 bits per heavy atom. The smallest absolute Gasteiger partial charge is 0.0608 e. The first-order chi connectivity index (χ1) is 7.36. The van der Waals surface area contributed by atoms with E-state index < -0.39 is 0 Å². The molecule has 78 valence electrons. The van der Waals surface area contributed by atoms with Gasteiger partial charge < -0.3 is 5.11 Å². The standard InChI is InChI=1S/C14H16O/c15-14-7-3-6-12-11-5-2-1-4-10(11)8-9-13(12)14/h1-2,4-5,8-9,12-15H,3,6-7H2/t12-,13+,14+/m0/s1. The van der Waals surface area contributed by atoms with Crippen LogP contribution in [0.1, 0.15) is 36.3 Å². The molecule has 0 aromatic heterocycles. The number of aliphatic hydroxyl groups is 1. The lowest BCUT2D eigenvalue weighted by molar-refractivity contribution is 0.0791. The summed E-state index contributed by atoms with van der Waals surface area (Å²) in [7, 11) is 0. The lowest BCUT2D eigenvalue weighted by Gasteiger charge is -2.37. The molecule has 2 aliphatic rings. The summed E-state index contributed by atoms with van der Waals surface area (Å²) < 4.78 is 0. The van der Waals surface area contributed by atoms with Crippen LogP contribution in [-0.2, 0) is 0 Å². The molecule has 1 heteroatoms. The largest absolute Gasteiger partial charge is 0.392 e. The molecule has 1 aromatic carbocycles. The summed E-state index contributed by atoms with van der Waals surface area (Å²) in [4.78, 5) is 0. The van der Waals surface area contributed by atoms with E-state index in [1.165, 1.54) is 17.5 Å². The van der Waals surface area contributed by atoms with E-state index >= 15 is 0 Å². The van der Waals surface area contributed by atoms with E-state index in [1.54, 1.807) is 0 Å². The summed E-state index contributed by atoms with van der Waals surface area (Å²) in [6.45, 7) is 0. The van der Waals surface area contributed by atoms with Crippen molar-refractivity contribution in [2.75, 3.05) is 0 Å². The summed E-state index contributed by atoms with van der Waals surface area (Å²) in [6, 6.07) is 8.58. The van der Waals surface area contributed by atoms with E-state index in [-0.39, 0.29) is 6.10 Å². The maximum Gasteiger partial charge on any atom is 0.0608 e. The second-order valence-corrected chi connectivity index (χ2v) is 4.67. The Hall–Kier alpha value is -1.08. The van der Waals surface area contributed by atoms with Gasteiger partial charge in [-0.05, 0) is 29.9 Å². The van der Waals surface area contributed by atoms with Crippen LogP contribution in [0.4, 0.5) is 0 Å². The summed E-state index contributed by atoms with van der Waals surface area (Å²) in [5, 5.41) is 9.98. The van der Waals surface area contributed by atoms with Gasteiger partial charge >= 0.3 is 0 Å². The van der Waals surface area contributed by atoms with Gasteiger partial charge in [0.1, 0.15) is 0 Å². The topological polar surface area (TPSA) is 20.2 Å². The zero-order valence-electron chi connectivity index (χ0n) is 8.76. The summed E-state index contributed by atoms with van der Waals surface area (Å²) in [5.74, 6) is 0.906. The molecule has 1 N–H and O–H groups in total. The molecule has 0 saturated heterocycles. The zero-order chi connectivity index (χ0) is 10.3. The lowest BCUT2D eigenvalue weighted by atomic mass is 9.70. The van der Waals surface area contributed by atoms with Crippen molar-refractivity contribution in [3.05, 3.63) is 41.5 Å². The highest BCUT2D eigenvalue weighted by molar-refractivity contribution is 5.58. The first-order valence-electron chi connectivity index (χ1n) is 5.81. The van der Waals surface area contributed by atoms with Gasteiger partial charge in [-0.2, -0.15) is 0 Å². The molecule has 3 atom stereocenters. The number of hydrogen-bond acceptors (Lipinski definition) is 1. The van der Waals surface area contributed by atoms with Crippen LogP contribution in [0.5, 0.6) is 0 Å². The molecule has 1 fully saturated rings. The third kappa shape index (κ3) is 1.42. The molecule has 1 nitrogen and oxygen atoms in total. The molecule has 0 heterocycles. The van der Waals surface area contributed by atoms with Crippen molar-refractivity contribution in [3.63, 3.8) is 0 Å². The maximum absolute atomic E-state index is 9.98. The number of hydrogen-bond donors (Lipinski definition) is 1. The highest BCUT2D eigenvalue weighted by Crippen LogP contribution is 2.43. The fourth-order valence-electron chi connectivity index (χ4n) is 3.04. The number of benzene rings is 1. The first kappa shape index (κ1) is 9.17. The Labute approximate surface area is 90.4 Å². The van der Waals surface area contributed by atoms with Crippen LogP contribution >= 0.6 is 0 Å². The summed E-state index contributed by atoms with van der Waals surface area (Å²) in [5.41, 5.74) is 2.77. The predicted molar refractivity (Wildman–Crippen MR) is 61.6 cm³/mol. The fraction of sp³-hybridized carbons (Fsp3) is 0.429. The second-order valence-electron chi connectivity index (χ2n) is 4.67. The lowest BCUT2D eigenvalue weighted by Crippen LogP contribution is -2.31. The molecule has 2 aliphatic carbocycles. The molecule has 0 aliphatic heterocycles. The van der Waals surface area contributed by atoms with Crippen LogP contribution in [-0.4, -0.2) is 11.2 Å². The Morgan fingerprint density at radius 2 is 2.00 bits per heavy atom. The van der Waals surface area contributed by atoms with Gasteiger partial charge in [-0.3, -0.25) is 0 Å². The molecule has 1 saturated carbocycles. The monoisotopic (exact) mass is 200 g/mol. The fourth-order valence-corrected chi connectivity index (χ4v) is 3.04. The molecule has 0 unspecified atom stereocenters. The van der Waals surface area contributed by atoms with Gasteiger partial charge in [0, 0.05) is 5.92 Å². The van der Waals surface area contributed by atoms with E-state index in [0.717, 1.165) is 12.8 Å². The number of rotatable bonds is 0. The highest BCUT2D eigenvalue weighted by atomic mass is 16.3. The molecule has 1 aromatic rings. The van der Waals surface area contributed by atoms with Gasteiger partial charge in [0.25, 0.3) is 0 Å². The van der Waals surface area contributed by atoms with E-state index in [1.807, 2.05) is 0 Å². The van der Waals surface area contributed by atoms with Crippen LogP contribution in [0.15, 0.2) is 30.3 Å². The Balaban J connectivity index is 2.04. The van der Waals surface area contributed by atoms with Gasteiger partial charge in [-0.15, -0.1) is 0 Å². The number of fused-ring (bicyclic) bond motifs is 3. The minimum absolute atomic E-state index is 0.131. The van der Waals surface area contributed by atoms with E-state index in [4.69, 9.17) is 0 Å². The van der Waals surface area contributed by atoms with Gasteiger partial charge in [0.05, 0.1) is 6.10 Å². The Morgan fingerprint density at radius 1 is 1.13 bits per heavy atom. The van der Waals surface area contributed by atoms with Crippen molar-refractivity contribution in [1.29, 1.82) is 0 Å². The SMILES string of the molecule is O[C@@H]1CCC[C@H]2c3ccccc3C=C[C@@H]12. The van der Waals surface area contributed by atoms with Crippen LogP contribution in [0, 0.1) is 5.92 Å². The van der Waals surface area contributed by atoms with Crippen LogP contribution in [0.25, 0.3) is 6.08 Å². The third-order valence-electron chi connectivity index (χ3n) is 3.82. The van der Waals surface area contributed by atoms with Crippen molar-refractivity contribution in [1.82, 2.24) is 0 Å². The van der Waals surface area contributed by atoms with Crippen LogP contribution in [0.3, 0.4) is 0 Å². The van der Waals surface area contributed by atoms with E-state index in [0.29, 0.717) is 11.8 Å². The van der Waals surface area contributed by atoms with Crippen LogP contribution < -0.4 is 0 Å². The van der Waals surface area contributed by atoms with Crippen molar-refractivity contribution in [2.45, 2.75) is 31.3 Å². The minimum Gasteiger partial charge on any atom is -0.392 e. The second kappa shape index (κ2) is 3.49. The third-order valence-corrected chi connectivity index (χ3v) is 3.82. The predicted octanol–water partition coefficient (Wildman–Crippen LogP) is 2.96. The molecule has 0 amide bonds. The molecule has 15 heavy (non-hydrogen) atoms. The van der Waals surface area contributed by atoms with Crippen LogP contribution in [0.2, 0.25) is 0 Å². The molecule has 3 rings (SSSR count). The summed E-state index contributed by atoms with van der Waals surface area (Å²) >= 11 is 0. The van der Waals surface area contributed by atoms with Crippen molar-refractivity contribution in [3.8, 4) is 0 Å². The van der Waals surface area contributed by atoms with Crippen molar-refractivity contribution < 1.29 is 5.11 Å². The van der Waals surface area contributed by atoms with E-state index in [9.17, 15) is 5.11 Å². The van der Waals surface area contributed by atoms with Gasteiger partial charge in [-0.25, -0.2) is 0 Å². The molecular weight excluding hydrogens is 184 g/mol. The Bertz CT molecular complexity index is 394. The van der Waals surface area contributed by atoms with Gasteiger partial charge in [0.2, 0.25) is 0 Å². The Kier molecular flexibility index (Phi) is 2.14. The first-order valence-corrected chi connectivity index (χ1v) is 5.81.